The van der Waals surface area contributed by atoms with Gasteiger partial charge in [-0.3, -0.25) is 9.59 Å². The van der Waals surface area contributed by atoms with Gasteiger partial charge in [0.2, 0.25) is 5.91 Å². The molecule has 2 N–H and O–H groups in total. The summed E-state index contributed by atoms with van der Waals surface area (Å²) >= 11 is 0. The Morgan fingerprint density at radius 2 is 1.92 bits per heavy atom. The number of hydrogen-bond donors (Lipinski definition) is 2. The number of anilines is 1. The molecule has 8 nitrogen and oxygen atoms in total. The summed E-state index contributed by atoms with van der Waals surface area (Å²) in [5.74, 6) is -0.171. The van der Waals surface area contributed by atoms with E-state index >= 15 is 0 Å². The Morgan fingerprint density at radius 3 is 2.56 bits per heavy atom. The molecule has 0 saturated carbocycles. The van der Waals surface area contributed by atoms with E-state index in [4.69, 9.17) is 14.2 Å². The molecule has 1 aromatic carbocycles. The van der Waals surface area contributed by atoms with Gasteiger partial charge in [0, 0.05) is 18.2 Å². The van der Waals surface area contributed by atoms with Crippen molar-refractivity contribution < 1.29 is 28.6 Å². The van der Waals surface area contributed by atoms with Crippen LogP contribution in [0.3, 0.4) is 0 Å². The predicted molar refractivity (Wildman–Crippen MR) is 89.5 cm³/mol. The minimum Gasteiger partial charge on any atom is -0.490 e. The van der Waals surface area contributed by atoms with Crippen LogP contribution in [0.5, 0.6) is 11.5 Å². The number of ether oxygens (including phenoxy) is 3. The summed E-state index contributed by atoms with van der Waals surface area (Å²) in [7, 11) is 0. The Kier molecular flexibility index (Phi) is 6.62. The smallest absolute Gasteiger partial charge is 0.329 e. The zero-order valence-corrected chi connectivity index (χ0v) is 14.3. The van der Waals surface area contributed by atoms with Gasteiger partial charge in [0.05, 0.1) is 13.2 Å². The molecule has 1 fully saturated rings. The van der Waals surface area contributed by atoms with Crippen molar-refractivity contribution in [3.8, 4) is 11.5 Å². The fourth-order valence-electron chi connectivity index (χ4n) is 2.35. The van der Waals surface area contributed by atoms with Crippen molar-refractivity contribution in [1.29, 1.82) is 0 Å². The molecule has 136 valence electrons. The SMILES string of the molecule is CCOc1ccc(NC(=O)COC(=O)[C@H]2CCC(=O)N2)cc1OCC. The van der Waals surface area contributed by atoms with Crippen LogP contribution in [-0.4, -0.2) is 43.6 Å². The molecule has 0 unspecified atom stereocenters. The van der Waals surface area contributed by atoms with Crippen molar-refractivity contribution in [3.63, 3.8) is 0 Å². The highest BCUT2D eigenvalue weighted by Crippen LogP contribution is 2.30. The van der Waals surface area contributed by atoms with E-state index in [0.717, 1.165) is 0 Å². The Bertz CT molecular complexity index is 646. The van der Waals surface area contributed by atoms with Gasteiger partial charge in [-0.2, -0.15) is 0 Å². The zero-order valence-electron chi connectivity index (χ0n) is 14.3. The lowest BCUT2D eigenvalue weighted by Crippen LogP contribution is -2.36. The molecule has 1 saturated heterocycles. The van der Waals surface area contributed by atoms with Gasteiger partial charge in [-0.15, -0.1) is 0 Å². The van der Waals surface area contributed by atoms with Crippen molar-refractivity contribution in [3.05, 3.63) is 18.2 Å². The molecular weight excluding hydrogens is 328 g/mol. The van der Waals surface area contributed by atoms with E-state index < -0.39 is 24.5 Å². The van der Waals surface area contributed by atoms with Crippen LogP contribution in [0, 0.1) is 0 Å². The molecule has 1 atom stereocenters. The second-order valence-corrected chi connectivity index (χ2v) is 5.34. The van der Waals surface area contributed by atoms with Crippen molar-refractivity contribution in [2.24, 2.45) is 0 Å². The first kappa shape index (κ1) is 18.6. The quantitative estimate of drug-likeness (QED) is 0.684. The van der Waals surface area contributed by atoms with Crippen LogP contribution in [0.1, 0.15) is 26.7 Å². The number of nitrogens with one attached hydrogen (secondary N) is 2. The molecule has 1 aliphatic heterocycles. The van der Waals surface area contributed by atoms with Gasteiger partial charge >= 0.3 is 5.97 Å². The number of carbonyl (C=O) groups excluding carboxylic acids is 3. The van der Waals surface area contributed by atoms with Crippen LogP contribution in [0.15, 0.2) is 18.2 Å². The summed E-state index contributed by atoms with van der Waals surface area (Å²) in [6.45, 7) is 4.25. The molecule has 1 aromatic rings. The molecule has 0 aliphatic carbocycles. The maximum Gasteiger partial charge on any atom is 0.329 e. The summed E-state index contributed by atoms with van der Waals surface area (Å²) in [6, 6.07) is 4.34. The first-order valence-electron chi connectivity index (χ1n) is 8.19. The number of rotatable bonds is 8. The third-order valence-corrected chi connectivity index (χ3v) is 3.45. The lowest BCUT2D eigenvalue weighted by molar-refractivity contribution is -0.149. The second kappa shape index (κ2) is 8.91. The maximum atomic E-state index is 11.9. The van der Waals surface area contributed by atoms with Crippen LogP contribution < -0.4 is 20.1 Å². The molecule has 0 spiro atoms. The standard InChI is InChI=1S/C17H22N2O6/c1-3-23-13-7-5-11(9-14(13)24-4-2)18-16(21)10-25-17(22)12-6-8-15(20)19-12/h5,7,9,12H,3-4,6,8,10H2,1-2H3,(H,18,21)(H,19,20)/t12-/m1/s1. The summed E-state index contributed by atoms with van der Waals surface area (Å²) in [6.07, 6.45) is 0.675. The Labute approximate surface area is 145 Å². The third kappa shape index (κ3) is 5.37. The van der Waals surface area contributed by atoms with Gasteiger partial charge in [0.25, 0.3) is 5.91 Å². The number of esters is 1. The van der Waals surface area contributed by atoms with Crippen LogP contribution in [0.2, 0.25) is 0 Å². The van der Waals surface area contributed by atoms with Gasteiger partial charge in [-0.05, 0) is 32.4 Å². The van der Waals surface area contributed by atoms with Crippen LogP contribution >= 0.6 is 0 Å². The van der Waals surface area contributed by atoms with Gasteiger partial charge < -0.3 is 24.8 Å². The normalized spacial score (nSPS) is 16.1. The monoisotopic (exact) mass is 350 g/mol. The van der Waals surface area contributed by atoms with E-state index in [1.165, 1.54) is 0 Å². The van der Waals surface area contributed by atoms with E-state index in [1.807, 2.05) is 13.8 Å². The highest BCUT2D eigenvalue weighted by atomic mass is 16.5. The first-order valence-corrected chi connectivity index (χ1v) is 8.19. The van der Waals surface area contributed by atoms with Gasteiger partial charge in [-0.1, -0.05) is 0 Å². The largest absolute Gasteiger partial charge is 0.490 e. The summed E-state index contributed by atoms with van der Waals surface area (Å²) in [5, 5.41) is 5.12. The van der Waals surface area contributed by atoms with Gasteiger partial charge in [0.15, 0.2) is 18.1 Å². The summed E-state index contributed by atoms with van der Waals surface area (Å²) in [5.41, 5.74) is 0.502. The Balaban J connectivity index is 1.88. The molecule has 8 heteroatoms. The summed E-state index contributed by atoms with van der Waals surface area (Å²) < 4.78 is 15.9. The van der Waals surface area contributed by atoms with Crippen molar-refractivity contribution in [2.45, 2.75) is 32.7 Å². The number of hydrogen-bond acceptors (Lipinski definition) is 6. The van der Waals surface area contributed by atoms with E-state index in [0.29, 0.717) is 43.2 Å². The molecule has 25 heavy (non-hydrogen) atoms. The van der Waals surface area contributed by atoms with Crippen molar-refractivity contribution in [1.82, 2.24) is 5.32 Å². The molecular formula is C17H22N2O6. The molecule has 0 bridgehead atoms. The number of carbonyl (C=O) groups is 3. The fraction of sp³-hybridized carbons (Fsp3) is 0.471. The van der Waals surface area contributed by atoms with E-state index in [2.05, 4.69) is 10.6 Å². The minimum absolute atomic E-state index is 0.191. The first-order chi connectivity index (χ1) is 12.0. The number of benzene rings is 1. The van der Waals surface area contributed by atoms with Crippen LogP contribution in [0.25, 0.3) is 0 Å². The molecule has 0 aromatic heterocycles. The fourth-order valence-corrected chi connectivity index (χ4v) is 2.35. The third-order valence-electron chi connectivity index (χ3n) is 3.45. The molecule has 2 rings (SSSR count). The topological polar surface area (TPSA) is 103 Å². The Morgan fingerprint density at radius 1 is 1.20 bits per heavy atom. The zero-order chi connectivity index (χ0) is 18.2. The number of amides is 2. The maximum absolute atomic E-state index is 11.9. The lowest BCUT2D eigenvalue weighted by atomic mass is 10.2. The molecule has 1 aliphatic rings. The highest BCUT2D eigenvalue weighted by molar-refractivity contribution is 5.94. The molecule has 1 heterocycles. The highest BCUT2D eigenvalue weighted by Gasteiger charge is 2.28. The molecule has 0 radical (unpaired) electrons. The van der Waals surface area contributed by atoms with Gasteiger partial charge in [-0.25, -0.2) is 4.79 Å². The average Bonchev–Trinajstić information content (AvgIpc) is 3.02. The Hall–Kier alpha value is -2.77. The van der Waals surface area contributed by atoms with E-state index in [1.54, 1.807) is 18.2 Å². The van der Waals surface area contributed by atoms with Crippen LogP contribution in [0.4, 0.5) is 5.69 Å². The lowest BCUT2D eigenvalue weighted by Gasteiger charge is -2.13. The minimum atomic E-state index is -0.671. The van der Waals surface area contributed by atoms with Gasteiger partial charge in [0.1, 0.15) is 6.04 Å². The van der Waals surface area contributed by atoms with Crippen molar-refractivity contribution >= 4 is 23.5 Å². The second-order valence-electron chi connectivity index (χ2n) is 5.34. The predicted octanol–water partition coefficient (Wildman–Crippen LogP) is 1.24. The summed E-state index contributed by atoms with van der Waals surface area (Å²) in [4.78, 5) is 34.8. The van der Waals surface area contributed by atoms with E-state index in [9.17, 15) is 14.4 Å². The molecule has 2 amide bonds. The van der Waals surface area contributed by atoms with Crippen molar-refractivity contribution in [2.75, 3.05) is 25.1 Å². The average molecular weight is 350 g/mol. The van der Waals surface area contributed by atoms with Crippen LogP contribution in [-0.2, 0) is 19.1 Å². The van der Waals surface area contributed by atoms with E-state index in [-0.39, 0.29) is 5.91 Å².